The maximum atomic E-state index is 12.0. The zero-order chi connectivity index (χ0) is 14.5. The van der Waals surface area contributed by atoms with Gasteiger partial charge in [0.2, 0.25) is 0 Å². The fraction of sp³-hybridized carbons (Fsp3) is 0.467. The summed E-state index contributed by atoms with van der Waals surface area (Å²) in [6.45, 7) is 1.57. The molecule has 0 unspecified atom stereocenters. The van der Waals surface area contributed by atoms with Crippen LogP contribution >= 0.6 is 0 Å². The molecule has 2 rings (SSSR count). The van der Waals surface area contributed by atoms with Gasteiger partial charge >= 0.3 is 5.97 Å². The Morgan fingerprint density at radius 2 is 2.00 bits per heavy atom. The Labute approximate surface area is 118 Å². The normalized spacial score (nSPS) is 15.9. The van der Waals surface area contributed by atoms with Crippen LogP contribution in [0.1, 0.15) is 26.2 Å². The highest BCUT2D eigenvalue weighted by molar-refractivity contribution is 5.96. The number of amides is 1. The first-order chi connectivity index (χ1) is 9.61. The van der Waals surface area contributed by atoms with Crippen molar-refractivity contribution in [3.8, 4) is 5.75 Å². The summed E-state index contributed by atoms with van der Waals surface area (Å²) in [6, 6.07) is 7.09. The summed E-state index contributed by atoms with van der Waals surface area (Å²) in [5.74, 6) is -0.101. The van der Waals surface area contributed by atoms with Gasteiger partial charge in [0.25, 0.3) is 5.91 Å². The molecule has 5 nitrogen and oxygen atoms in total. The maximum absolute atomic E-state index is 12.0. The minimum atomic E-state index is -0.812. The molecule has 1 aromatic carbocycles. The molecule has 1 N–H and O–H groups in total. The number of hydrogen-bond donors (Lipinski definition) is 1. The van der Waals surface area contributed by atoms with Crippen LogP contribution in [0.5, 0.6) is 5.75 Å². The van der Waals surface area contributed by atoms with Crippen molar-refractivity contribution in [2.75, 3.05) is 12.4 Å². The van der Waals surface area contributed by atoms with Gasteiger partial charge in [-0.2, -0.15) is 0 Å². The molecule has 0 aliphatic heterocycles. The summed E-state index contributed by atoms with van der Waals surface area (Å²) in [6.07, 6.45) is 1.97. The van der Waals surface area contributed by atoms with Crippen LogP contribution in [-0.4, -0.2) is 25.1 Å². The van der Waals surface area contributed by atoms with Gasteiger partial charge in [0.05, 0.1) is 18.7 Å². The van der Waals surface area contributed by atoms with Crippen molar-refractivity contribution in [1.29, 1.82) is 0 Å². The molecule has 1 aliphatic rings. The number of para-hydroxylation sites is 2. The lowest BCUT2D eigenvalue weighted by Crippen LogP contribution is -2.34. The molecule has 0 radical (unpaired) electrons. The Bertz CT molecular complexity index is 496. The van der Waals surface area contributed by atoms with Crippen molar-refractivity contribution in [2.24, 2.45) is 5.92 Å². The topological polar surface area (TPSA) is 64.6 Å². The molecule has 0 bridgehead atoms. The lowest BCUT2D eigenvalue weighted by molar-refractivity contribution is -0.159. The van der Waals surface area contributed by atoms with E-state index in [-0.39, 0.29) is 17.8 Å². The number of nitrogens with one attached hydrogen (secondary N) is 1. The van der Waals surface area contributed by atoms with E-state index in [1.165, 1.54) is 7.11 Å². The van der Waals surface area contributed by atoms with Crippen LogP contribution in [0.4, 0.5) is 5.69 Å². The molecule has 108 valence electrons. The van der Waals surface area contributed by atoms with Gasteiger partial charge in [-0.3, -0.25) is 9.59 Å². The van der Waals surface area contributed by atoms with Crippen LogP contribution in [0.3, 0.4) is 0 Å². The second-order valence-corrected chi connectivity index (χ2v) is 4.90. The van der Waals surface area contributed by atoms with E-state index in [4.69, 9.17) is 9.47 Å². The number of benzene rings is 1. The standard InChI is InChI=1S/C15H19NO4/c1-10(20-15(18)11-6-5-7-11)14(17)16-12-8-3-4-9-13(12)19-2/h3-4,8-11H,5-7H2,1-2H3,(H,16,17)/t10-/m0/s1. The minimum Gasteiger partial charge on any atom is -0.495 e. The van der Waals surface area contributed by atoms with Crippen molar-refractivity contribution < 1.29 is 19.1 Å². The van der Waals surface area contributed by atoms with Crippen molar-refractivity contribution in [1.82, 2.24) is 0 Å². The quantitative estimate of drug-likeness (QED) is 0.839. The third-order valence-corrected chi connectivity index (χ3v) is 3.47. The average Bonchev–Trinajstić information content (AvgIpc) is 2.37. The first-order valence-corrected chi connectivity index (χ1v) is 6.76. The molecule has 1 aromatic rings. The summed E-state index contributed by atoms with van der Waals surface area (Å²) in [7, 11) is 1.53. The highest BCUT2D eigenvalue weighted by Crippen LogP contribution is 2.28. The molecule has 0 spiro atoms. The maximum Gasteiger partial charge on any atom is 0.309 e. The van der Waals surface area contributed by atoms with Crippen LogP contribution in [0, 0.1) is 5.92 Å². The summed E-state index contributed by atoms with van der Waals surface area (Å²) in [4.78, 5) is 23.7. The third kappa shape index (κ3) is 3.29. The average molecular weight is 277 g/mol. The SMILES string of the molecule is COc1ccccc1NC(=O)[C@H](C)OC(=O)C1CCC1. The molecule has 1 aliphatic carbocycles. The van der Waals surface area contributed by atoms with Gasteiger partial charge in [-0.25, -0.2) is 0 Å². The minimum absolute atomic E-state index is 0.0310. The molecule has 1 saturated carbocycles. The van der Waals surface area contributed by atoms with E-state index in [2.05, 4.69) is 5.32 Å². The number of anilines is 1. The predicted molar refractivity (Wildman–Crippen MR) is 74.5 cm³/mol. The number of rotatable bonds is 5. The van der Waals surface area contributed by atoms with E-state index in [9.17, 15) is 9.59 Å². The molecule has 5 heteroatoms. The second kappa shape index (κ2) is 6.41. The smallest absolute Gasteiger partial charge is 0.309 e. The summed E-state index contributed by atoms with van der Waals surface area (Å²) in [5, 5.41) is 2.70. The first-order valence-electron chi connectivity index (χ1n) is 6.76. The number of ether oxygens (including phenoxy) is 2. The molecule has 1 atom stereocenters. The number of hydrogen-bond acceptors (Lipinski definition) is 4. The van der Waals surface area contributed by atoms with Gasteiger partial charge < -0.3 is 14.8 Å². The molecular formula is C15H19NO4. The van der Waals surface area contributed by atoms with Crippen molar-refractivity contribution in [2.45, 2.75) is 32.3 Å². The van der Waals surface area contributed by atoms with Crippen molar-refractivity contribution in [3.05, 3.63) is 24.3 Å². The monoisotopic (exact) mass is 277 g/mol. The van der Waals surface area contributed by atoms with E-state index in [1.807, 2.05) is 6.07 Å². The molecular weight excluding hydrogens is 258 g/mol. The van der Waals surface area contributed by atoms with Crippen LogP contribution in [0.2, 0.25) is 0 Å². The van der Waals surface area contributed by atoms with Crippen LogP contribution < -0.4 is 10.1 Å². The van der Waals surface area contributed by atoms with E-state index in [0.29, 0.717) is 11.4 Å². The van der Waals surface area contributed by atoms with E-state index in [0.717, 1.165) is 19.3 Å². The summed E-state index contributed by atoms with van der Waals surface area (Å²) in [5.41, 5.74) is 0.562. The van der Waals surface area contributed by atoms with Gasteiger partial charge in [-0.15, -0.1) is 0 Å². The Kier molecular flexibility index (Phi) is 4.61. The number of esters is 1. The largest absolute Gasteiger partial charge is 0.495 e. The zero-order valence-corrected chi connectivity index (χ0v) is 11.7. The van der Waals surface area contributed by atoms with Crippen LogP contribution in [0.15, 0.2) is 24.3 Å². The van der Waals surface area contributed by atoms with Crippen LogP contribution in [-0.2, 0) is 14.3 Å². The second-order valence-electron chi connectivity index (χ2n) is 4.90. The lowest BCUT2D eigenvalue weighted by Gasteiger charge is -2.25. The third-order valence-electron chi connectivity index (χ3n) is 3.47. The Morgan fingerprint density at radius 3 is 2.60 bits per heavy atom. The highest BCUT2D eigenvalue weighted by Gasteiger charge is 2.29. The van der Waals surface area contributed by atoms with Gasteiger partial charge in [-0.1, -0.05) is 18.6 Å². The fourth-order valence-corrected chi connectivity index (χ4v) is 1.95. The summed E-state index contributed by atoms with van der Waals surface area (Å²) >= 11 is 0. The molecule has 0 saturated heterocycles. The first kappa shape index (κ1) is 14.4. The zero-order valence-electron chi connectivity index (χ0n) is 11.7. The molecule has 20 heavy (non-hydrogen) atoms. The van der Waals surface area contributed by atoms with E-state index >= 15 is 0 Å². The predicted octanol–water partition coefficient (Wildman–Crippen LogP) is 2.37. The van der Waals surface area contributed by atoms with Crippen molar-refractivity contribution >= 4 is 17.6 Å². The molecule has 0 heterocycles. The Hall–Kier alpha value is -2.04. The number of carbonyl (C=O) groups excluding carboxylic acids is 2. The molecule has 1 fully saturated rings. The van der Waals surface area contributed by atoms with Crippen LogP contribution in [0.25, 0.3) is 0 Å². The molecule has 1 amide bonds. The number of carbonyl (C=O) groups is 2. The van der Waals surface area contributed by atoms with E-state index in [1.54, 1.807) is 25.1 Å². The van der Waals surface area contributed by atoms with Crippen molar-refractivity contribution in [3.63, 3.8) is 0 Å². The van der Waals surface area contributed by atoms with E-state index < -0.39 is 6.10 Å². The Morgan fingerprint density at radius 1 is 1.30 bits per heavy atom. The number of methoxy groups -OCH3 is 1. The van der Waals surface area contributed by atoms with Gasteiger partial charge in [0.1, 0.15) is 5.75 Å². The Balaban J connectivity index is 1.91. The molecule has 0 aromatic heterocycles. The fourth-order valence-electron chi connectivity index (χ4n) is 1.95. The van der Waals surface area contributed by atoms with Gasteiger partial charge in [0, 0.05) is 0 Å². The lowest BCUT2D eigenvalue weighted by atomic mass is 9.86. The van der Waals surface area contributed by atoms with Gasteiger partial charge in [-0.05, 0) is 31.9 Å². The van der Waals surface area contributed by atoms with Gasteiger partial charge in [0.15, 0.2) is 6.10 Å². The summed E-state index contributed by atoms with van der Waals surface area (Å²) < 4.78 is 10.3. The highest BCUT2D eigenvalue weighted by atomic mass is 16.5.